The van der Waals surface area contributed by atoms with Crippen LogP contribution in [-0.4, -0.2) is 13.9 Å². The Hall–Kier alpha value is -2.95. The zero-order valence-electron chi connectivity index (χ0n) is 11.8. The number of fused-ring (bicyclic) bond motifs is 3. The van der Waals surface area contributed by atoms with E-state index in [0.717, 1.165) is 5.56 Å². The summed E-state index contributed by atoms with van der Waals surface area (Å²) >= 11 is 0. The van der Waals surface area contributed by atoms with Crippen molar-refractivity contribution in [2.45, 2.75) is 0 Å². The molecule has 1 aliphatic heterocycles. The first kappa shape index (κ1) is 12.8. The van der Waals surface area contributed by atoms with Crippen LogP contribution in [0.2, 0.25) is 0 Å². The molecule has 0 atom stereocenters. The van der Waals surface area contributed by atoms with E-state index in [4.69, 9.17) is 18.6 Å². The van der Waals surface area contributed by atoms with Gasteiger partial charge < -0.3 is 18.6 Å². The number of methoxy groups -OCH3 is 1. The molecule has 22 heavy (non-hydrogen) atoms. The van der Waals surface area contributed by atoms with Crippen LogP contribution >= 0.6 is 0 Å². The first-order valence-electron chi connectivity index (χ1n) is 6.78. The second-order valence-corrected chi connectivity index (χ2v) is 4.86. The molecule has 1 aliphatic rings. The van der Waals surface area contributed by atoms with E-state index in [2.05, 4.69) is 0 Å². The third-order valence-corrected chi connectivity index (χ3v) is 3.58. The van der Waals surface area contributed by atoms with E-state index < -0.39 is 0 Å². The van der Waals surface area contributed by atoms with Crippen molar-refractivity contribution in [3.63, 3.8) is 0 Å². The van der Waals surface area contributed by atoms with Crippen LogP contribution in [0.4, 0.5) is 0 Å². The van der Waals surface area contributed by atoms with E-state index in [0.29, 0.717) is 34.0 Å². The third kappa shape index (κ3) is 1.83. The molecule has 0 spiro atoms. The quantitative estimate of drug-likeness (QED) is 0.727. The standard InChI is InChI=1S/C17H12O5/c1-19-13-8-14-16(21-9-20-14)17-15(13)11(18)7-12(22-17)10-5-3-2-4-6-10/h2-8H,9H2,1H3. The Morgan fingerprint density at radius 2 is 1.91 bits per heavy atom. The van der Waals surface area contributed by atoms with Gasteiger partial charge in [-0.1, -0.05) is 30.3 Å². The lowest BCUT2D eigenvalue weighted by Gasteiger charge is -2.09. The van der Waals surface area contributed by atoms with E-state index in [1.54, 1.807) is 6.07 Å². The van der Waals surface area contributed by atoms with E-state index >= 15 is 0 Å². The molecule has 2 aromatic carbocycles. The summed E-state index contributed by atoms with van der Waals surface area (Å²) in [7, 11) is 1.50. The summed E-state index contributed by atoms with van der Waals surface area (Å²) in [5.41, 5.74) is 0.977. The Kier molecular flexibility index (Phi) is 2.79. The predicted octanol–water partition coefficient (Wildman–Crippen LogP) is 3.20. The van der Waals surface area contributed by atoms with Crippen LogP contribution < -0.4 is 19.6 Å². The summed E-state index contributed by atoms with van der Waals surface area (Å²) < 4.78 is 22.0. The smallest absolute Gasteiger partial charge is 0.231 e. The van der Waals surface area contributed by atoms with Gasteiger partial charge in [-0.05, 0) is 0 Å². The summed E-state index contributed by atoms with van der Waals surface area (Å²) in [5, 5.41) is 0.353. The van der Waals surface area contributed by atoms with Crippen molar-refractivity contribution in [3.05, 3.63) is 52.7 Å². The minimum atomic E-state index is -0.185. The molecule has 0 radical (unpaired) electrons. The lowest BCUT2D eigenvalue weighted by molar-refractivity contribution is 0.174. The van der Waals surface area contributed by atoms with Crippen LogP contribution in [0.25, 0.3) is 22.3 Å². The molecule has 0 amide bonds. The molecule has 4 rings (SSSR count). The maximum atomic E-state index is 12.5. The average molecular weight is 296 g/mol. The van der Waals surface area contributed by atoms with E-state index in [1.165, 1.54) is 13.2 Å². The van der Waals surface area contributed by atoms with Gasteiger partial charge in [0.05, 0.1) is 7.11 Å². The van der Waals surface area contributed by atoms with Gasteiger partial charge in [-0.15, -0.1) is 0 Å². The zero-order valence-corrected chi connectivity index (χ0v) is 11.8. The van der Waals surface area contributed by atoms with Gasteiger partial charge in [0, 0.05) is 17.7 Å². The fraction of sp³-hybridized carbons (Fsp3) is 0.118. The Balaban J connectivity index is 2.08. The zero-order chi connectivity index (χ0) is 15.1. The van der Waals surface area contributed by atoms with Crippen molar-refractivity contribution in [1.82, 2.24) is 0 Å². The summed E-state index contributed by atoms with van der Waals surface area (Å²) in [6.07, 6.45) is 0. The topological polar surface area (TPSA) is 57.9 Å². The Bertz CT molecular complexity index is 912. The highest BCUT2D eigenvalue weighted by atomic mass is 16.7. The van der Waals surface area contributed by atoms with Crippen LogP contribution in [0.1, 0.15) is 0 Å². The number of rotatable bonds is 2. The van der Waals surface area contributed by atoms with Crippen LogP contribution in [0.15, 0.2) is 51.7 Å². The Morgan fingerprint density at radius 3 is 2.68 bits per heavy atom. The van der Waals surface area contributed by atoms with E-state index in [9.17, 15) is 4.79 Å². The monoisotopic (exact) mass is 296 g/mol. The van der Waals surface area contributed by atoms with Gasteiger partial charge in [0.1, 0.15) is 16.9 Å². The van der Waals surface area contributed by atoms with Gasteiger partial charge >= 0.3 is 0 Å². The van der Waals surface area contributed by atoms with Gasteiger partial charge in [0.15, 0.2) is 16.8 Å². The van der Waals surface area contributed by atoms with Crippen LogP contribution in [0, 0.1) is 0 Å². The van der Waals surface area contributed by atoms with Crippen LogP contribution in [-0.2, 0) is 0 Å². The average Bonchev–Trinajstić information content (AvgIpc) is 3.03. The fourth-order valence-corrected chi connectivity index (χ4v) is 2.56. The highest BCUT2D eigenvalue weighted by Gasteiger charge is 2.24. The molecule has 0 saturated carbocycles. The molecule has 0 fully saturated rings. The maximum Gasteiger partial charge on any atom is 0.231 e. The number of ether oxygens (including phenoxy) is 3. The molecule has 0 saturated heterocycles. The largest absolute Gasteiger partial charge is 0.496 e. The molecule has 3 aromatic rings. The second kappa shape index (κ2) is 4.80. The van der Waals surface area contributed by atoms with Crippen molar-refractivity contribution in [2.24, 2.45) is 0 Å². The fourth-order valence-electron chi connectivity index (χ4n) is 2.56. The first-order chi connectivity index (χ1) is 10.8. The van der Waals surface area contributed by atoms with E-state index in [-0.39, 0.29) is 12.2 Å². The van der Waals surface area contributed by atoms with Gasteiger partial charge in [-0.3, -0.25) is 4.79 Å². The SMILES string of the molecule is COc1cc2c(c3oc(-c4ccccc4)cc(=O)c13)OCO2. The molecule has 1 aromatic heterocycles. The highest BCUT2D eigenvalue weighted by Crippen LogP contribution is 2.43. The molecule has 0 unspecified atom stereocenters. The summed E-state index contributed by atoms with van der Waals surface area (Å²) in [5.74, 6) is 1.83. The number of hydrogen-bond acceptors (Lipinski definition) is 5. The van der Waals surface area contributed by atoms with Crippen molar-refractivity contribution < 1.29 is 18.6 Å². The normalized spacial score (nSPS) is 12.6. The van der Waals surface area contributed by atoms with Gasteiger partial charge in [0.2, 0.25) is 12.5 Å². The van der Waals surface area contributed by atoms with Gasteiger partial charge in [0.25, 0.3) is 0 Å². The van der Waals surface area contributed by atoms with Crippen LogP contribution in [0.5, 0.6) is 17.2 Å². The molecule has 2 heterocycles. The maximum absolute atomic E-state index is 12.5. The molecule has 0 aliphatic carbocycles. The van der Waals surface area contributed by atoms with Crippen molar-refractivity contribution in [2.75, 3.05) is 13.9 Å². The molecular weight excluding hydrogens is 284 g/mol. The minimum Gasteiger partial charge on any atom is -0.496 e. The molecular formula is C17H12O5. The lowest BCUT2D eigenvalue weighted by atomic mass is 10.1. The Morgan fingerprint density at radius 1 is 1.09 bits per heavy atom. The third-order valence-electron chi connectivity index (χ3n) is 3.58. The summed E-state index contributed by atoms with van der Waals surface area (Å²) in [6, 6.07) is 12.5. The molecule has 110 valence electrons. The summed E-state index contributed by atoms with van der Waals surface area (Å²) in [4.78, 5) is 12.5. The number of hydrogen-bond donors (Lipinski definition) is 0. The van der Waals surface area contributed by atoms with E-state index in [1.807, 2.05) is 30.3 Å². The molecule has 5 heteroatoms. The van der Waals surface area contributed by atoms with Crippen LogP contribution in [0.3, 0.4) is 0 Å². The van der Waals surface area contributed by atoms with Gasteiger partial charge in [-0.2, -0.15) is 0 Å². The van der Waals surface area contributed by atoms with Gasteiger partial charge in [-0.25, -0.2) is 0 Å². The molecule has 5 nitrogen and oxygen atoms in total. The second-order valence-electron chi connectivity index (χ2n) is 4.86. The minimum absolute atomic E-state index is 0.0941. The number of benzene rings is 2. The summed E-state index contributed by atoms with van der Waals surface area (Å²) in [6.45, 7) is 0.0941. The van der Waals surface area contributed by atoms with Crippen molar-refractivity contribution in [3.8, 4) is 28.6 Å². The molecule has 0 bridgehead atoms. The predicted molar refractivity (Wildman–Crippen MR) is 80.6 cm³/mol. The van der Waals surface area contributed by atoms with Crippen molar-refractivity contribution >= 4 is 11.0 Å². The highest BCUT2D eigenvalue weighted by molar-refractivity contribution is 5.92. The van der Waals surface area contributed by atoms with Crippen molar-refractivity contribution in [1.29, 1.82) is 0 Å². The molecule has 0 N–H and O–H groups in total. The first-order valence-corrected chi connectivity index (χ1v) is 6.78. The lowest BCUT2D eigenvalue weighted by Crippen LogP contribution is -2.03. The Labute approximate surface area is 125 Å².